The Morgan fingerprint density at radius 2 is 2.09 bits per heavy atom. The van der Waals surface area contributed by atoms with Crippen LogP contribution in [0.4, 0.5) is 17.3 Å². The Balaban J connectivity index is 1.31. The molecular weight excluding hydrogens is 416 g/mol. The average Bonchev–Trinajstić information content (AvgIpc) is 3.48. The molecule has 1 aromatic carbocycles. The highest BCUT2D eigenvalue weighted by Crippen LogP contribution is 2.28. The molecule has 5 aromatic rings. The van der Waals surface area contributed by atoms with Gasteiger partial charge in [-0.05, 0) is 38.0 Å². The maximum absolute atomic E-state index is 10.4. The van der Waals surface area contributed by atoms with Crippen LogP contribution in [0.3, 0.4) is 0 Å². The first kappa shape index (κ1) is 19.7. The minimum absolute atomic E-state index is 0.589. The van der Waals surface area contributed by atoms with Crippen molar-refractivity contribution in [3.8, 4) is 11.3 Å². The van der Waals surface area contributed by atoms with Crippen molar-refractivity contribution in [2.45, 2.75) is 25.4 Å². The van der Waals surface area contributed by atoms with Crippen LogP contribution in [0, 0.1) is 0 Å². The summed E-state index contributed by atoms with van der Waals surface area (Å²) in [6.07, 6.45) is 11.0. The second-order valence-electron chi connectivity index (χ2n) is 8.86. The second kappa shape index (κ2) is 7.56. The zero-order valence-corrected chi connectivity index (χ0v) is 18.2. The molecule has 5 heterocycles. The monoisotopic (exact) mass is 440 g/mol. The Labute approximate surface area is 190 Å². The molecule has 3 N–H and O–H groups in total. The van der Waals surface area contributed by atoms with Crippen molar-refractivity contribution in [2.24, 2.45) is 0 Å². The Kier molecular flexibility index (Phi) is 4.51. The SMILES string of the molecule is C[C@]1(O)CCCN(c2ccc(Nc3nc(-c4ccc5cn[nH]c5c4)cn4ccnc34)cn2)C1. The molecule has 0 saturated carbocycles. The van der Waals surface area contributed by atoms with E-state index in [2.05, 4.69) is 30.4 Å². The summed E-state index contributed by atoms with van der Waals surface area (Å²) in [7, 11) is 0. The molecule has 1 atom stereocenters. The third-order valence-corrected chi connectivity index (χ3v) is 6.12. The summed E-state index contributed by atoms with van der Waals surface area (Å²) >= 11 is 0. The van der Waals surface area contributed by atoms with E-state index in [1.165, 1.54) is 0 Å². The van der Waals surface area contributed by atoms with Gasteiger partial charge in [0.1, 0.15) is 5.82 Å². The molecule has 9 heteroatoms. The van der Waals surface area contributed by atoms with Gasteiger partial charge in [-0.1, -0.05) is 12.1 Å². The number of hydrogen-bond donors (Lipinski definition) is 3. The van der Waals surface area contributed by atoms with E-state index in [9.17, 15) is 5.11 Å². The van der Waals surface area contributed by atoms with Crippen LogP contribution < -0.4 is 10.2 Å². The van der Waals surface area contributed by atoms with E-state index in [1.807, 2.05) is 54.0 Å². The van der Waals surface area contributed by atoms with Gasteiger partial charge in [0.05, 0.1) is 34.9 Å². The molecule has 9 nitrogen and oxygen atoms in total. The van der Waals surface area contributed by atoms with Gasteiger partial charge in [0.15, 0.2) is 11.5 Å². The lowest BCUT2D eigenvalue weighted by molar-refractivity contribution is 0.0447. The van der Waals surface area contributed by atoms with Crippen LogP contribution in [-0.4, -0.2) is 53.3 Å². The second-order valence-corrected chi connectivity index (χ2v) is 8.86. The number of piperidine rings is 1. The lowest BCUT2D eigenvalue weighted by atomic mass is 9.95. The van der Waals surface area contributed by atoms with Gasteiger partial charge in [-0.25, -0.2) is 15.0 Å². The summed E-state index contributed by atoms with van der Waals surface area (Å²) in [4.78, 5) is 16.1. The van der Waals surface area contributed by atoms with E-state index in [4.69, 9.17) is 4.98 Å². The van der Waals surface area contributed by atoms with Crippen LogP contribution in [0.15, 0.2) is 61.3 Å². The first-order valence-corrected chi connectivity index (χ1v) is 11.0. The number of hydrogen-bond acceptors (Lipinski definition) is 7. The fourth-order valence-corrected chi connectivity index (χ4v) is 4.45. The quantitative estimate of drug-likeness (QED) is 0.391. The molecular formula is C24H24N8O. The largest absolute Gasteiger partial charge is 0.388 e. The Morgan fingerprint density at radius 1 is 1.15 bits per heavy atom. The standard InChI is InChI=1S/C24H24N8O/c1-24(33)7-2-9-32(15-24)21-6-5-18(13-26-21)28-22-23-25-8-10-31(23)14-20(29-22)16-3-4-17-12-27-30-19(17)11-16/h3-6,8,10-14,33H,2,7,9,15H2,1H3,(H,27,30)(H,28,29)/t24-/m0/s1. The van der Waals surface area contributed by atoms with E-state index in [1.54, 1.807) is 18.6 Å². The van der Waals surface area contributed by atoms with Crippen molar-refractivity contribution in [3.63, 3.8) is 0 Å². The average molecular weight is 441 g/mol. The summed E-state index contributed by atoms with van der Waals surface area (Å²) in [6.45, 7) is 3.37. The highest BCUT2D eigenvalue weighted by Gasteiger charge is 2.28. The molecule has 0 radical (unpaired) electrons. The molecule has 1 saturated heterocycles. The third kappa shape index (κ3) is 3.76. The number of pyridine rings is 1. The summed E-state index contributed by atoms with van der Waals surface area (Å²) in [5.74, 6) is 1.51. The minimum Gasteiger partial charge on any atom is -0.388 e. The summed E-state index contributed by atoms with van der Waals surface area (Å²) in [5, 5.41) is 21.9. The number of anilines is 3. The molecule has 0 amide bonds. The van der Waals surface area contributed by atoms with Gasteiger partial charge in [-0.3, -0.25) is 5.10 Å². The van der Waals surface area contributed by atoms with Crippen LogP contribution in [0.25, 0.3) is 27.8 Å². The van der Waals surface area contributed by atoms with Gasteiger partial charge < -0.3 is 19.7 Å². The van der Waals surface area contributed by atoms with E-state index < -0.39 is 5.60 Å². The van der Waals surface area contributed by atoms with Crippen molar-refractivity contribution in [1.82, 2.24) is 29.5 Å². The molecule has 0 spiro atoms. The van der Waals surface area contributed by atoms with Crippen molar-refractivity contribution >= 4 is 33.9 Å². The topological polar surface area (TPSA) is 107 Å². The normalized spacial score (nSPS) is 18.8. The number of benzene rings is 1. The predicted molar refractivity (Wildman–Crippen MR) is 128 cm³/mol. The van der Waals surface area contributed by atoms with Crippen molar-refractivity contribution in [2.75, 3.05) is 23.3 Å². The molecule has 166 valence electrons. The molecule has 0 bridgehead atoms. The van der Waals surface area contributed by atoms with Crippen molar-refractivity contribution < 1.29 is 5.11 Å². The highest BCUT2D eigenvalue weighted by atomic mass is 16.3. The number of nitrogens with zero attached hydrogens (tertiary/aromatic N) is 6. The van der Waals surface area contributed by atoms with E-state index >= 15 is 0 Å². The zero-order chi connectivity index (χ0) is 22.4. The maximum atomic E-state index is 10.4. The third-order valence-electron chi connectivity index (χ3n) is 6.12. The Bertz CT molecular complexity index is 1440. The number of fused-ring (bicyclic) bond motifs is 2. The van der Waals surface area contributed by atoms with Crippen LogP contribution in [-0.2, 0) is 0 Å². The number of H-pyrrole nitrogens is 1. The van der Waals surface area contributed by atoms with E-state index in [0.717, 1.165) is 58.7 Å². The first-order chi connectivity index (χ1) is 16.0. The van der Waals surface area contributed by atoms with Gasteiger partial charge in [0.25, 0.3) is 0 Å². The van der Waals surface area contributed by atoms with Gasteiger partial charge in [-0.2, -0.15) is 5.10 Å². The van der Waals surface area contributed by atoms with Gasteiger partial charge in [0.2, 0.25) is 0 Å². The number of rotatable bonds is 4. The lowest BCUT2D eigenvalue weighted by Crippen LogP contribution is -2.46. The highest BCUT2D eigenvalue weighted by molar-refractivity contribution is 5.84. The van der Waals surface area contributed by atoms with Crippen molar-refractivity contribution in [1.29, 1.82) is 0 Å². The number of aromatic amines is 1. The molecule has 6 rings (SSSR count). The lowest BCUT2D eigenvalue weighted by Gasteiger charge is -2.37. The van der Waals surface area contributed by atoms with Crippen LogP contribution in [0.5, 0.6) is 0 Å². The molecule has 0 aliphatic carbocycles. The summed E-state index contributed by atoms with van der Waals surface area (Å²) in [5.41, 5.74) is 3.65. The van der Waals surface area contributed by atoms with Gasteiger partial charge >= 0.3 is 0 Å². The first-order valence-electron chi connectivity index (χ1n) is 11.0. The van der Waals surface area contributed by atoms with Crippen LogP contribution in [0.1, 0.15) is 19.8 Å². The fourth-order valence-electron chi connectivity index (χ4n) is 4.45. The Morgan fingerprint density at radius 3 is 2.94 bits per heavy atom. The molecule has 0 unspecified atom stereocenters. The van der Waals surface area contributed by atoms with Crippen LogP contribution in [0.2, 0.25) is 0 Å². The predicted octanol–water partition coefficient (Wildman–Crippen LogP) is 3.76. The maximum Gasteiger partial charge on any atom is 0.180 e. The molecule has 4 aromatic heterocycles. The summed E-state index contributed by atoms with van der Waals surface area (Å²) < 4.78 is 1.96. The number of imidazole rings is 1. The smallest absolute Gasteiger partial charge is 0.180 e. The molecule has 1 fully saturated rings. The zero-order valence-electron chi connectivity index (χ0n) is 18.2. The van der Waals surface area contributed by atoms with Gasteiger partial charge in [-0.15, -0.1) is 0 Å². The Hall–Kier alpha value is -3.98. The van der Waals surface area contributed by atoms with Gasteiger partial charge in [0, 0.05) is 42.6 Å². The summed E-state index contributed by atoms with van der Waals surface area (Å²) in [6, 6.07) is 10.1. The molecule has 1 aliphatic rings. The number of nitrogens with one attached hydrogen (secondary N) is 2. The molecule has 1 aliphatic heterocycles. The van der Waals surface area contributed by atoms with Crippen LogP contribution >= 0.6 is 0 Å². The number of aliphatic hydroxyl groups is 1. The number of β-amino-alcohol motifs (C(OH)–C–C–N with tert-alkyl or cyclic N) is 1. The minimum atomic E-state index is -0.674. The van der Waals surface area contributed by atoms with E-state index in [-0.39, 0.29) is 0 Å². The van der Waals surface area contributed by atoms with Crippen molar-refractivity contribution in [3.05, 3.63) is 61.3 Å². The molecule has 33 heavy (non-hydrogen) atoms. The number of aromatic nitrogens is 6. The fraction of sp³-hybridized carbons (Fsp3) is 0.250. The van der Waals surface area contributed by atoms with E-state index in [0.29, 0.717) is 12.4 Å².